The summed E-state index contributed by atoms with van der Waals surface area (Å²) in [5.74, 6) is 1.94. The monoisotopic (exact) mass is 464 g/mol. The van der Waals surface area contributed by atoms with Crippen LogP contribution in [0.15, 0.2) is 72.8 Å². The van der Waals surface area contributed by atoms with Crippen LogP contribution in [-0.4, -0.2) is 38.2 Å². The van der Waals surface area contributed by atoms with Gasteiger partial charge in [-0.2, -0.15) is 0 Å². The number of hydrogen-bond acceptors (Lipinski definition) is 6. The van der Waals surface area contributed by atoms with E-state index in [2.05, 4.69) is 10.6 Å². The van der Waals surface area contributed by atoms with Gasteiger partial charge in [-0.25, -0.2) is 0 Å². The largest absolute Gasteiger partial charge is 0.497 e. The first-order valence-corrected chi connectivity index (χ1v) is 10.7. The predicted octanol–water partition coefficient (Wildman–Crippen LogP) is 4.52. The van der Waals surface area contributed by atoms with E-state index in [1.54, 1.807) is 101 Å². The molecule has 2 atom stereocenters. The molecule has 0 radical (unpaired) electrons. The highest BCUT2D eigenvalue weighted by Crippen LogP contribution is 2.20. The summed E-state index contributed by atoms with van der Waals surface area (Å²) in [7, 11) is 3.17. The molecule has 2 amide bonds. The molecule has 2 unspecified atom stereocenters. The van der Waals surface area contributed by atoms with Crippen LogP contribution in [0, 0.1) is 0 Å². The van der Waals surface area contributed by atoms with Gasteiger partial charge in [0.1, 0.15) is 23.0 Å². The van der Waals surface area contributed by atoms with Crippen LogP contribution >= 0.6 is 0 Å². The van der Waals surface area contributed by atoms with Crippen LogP contribution in [0.25, 0.3) is 0 Å². The van der Waals surface area contributed by atoms with Gasteiger partial charge < -0.3 is 29.6 Å². The molecule has 0 aliphatic rings. The van der Waals surface area contributed by atoms with E-state index in [1.807, 2.05) is 0 Å². The highest BCUT2D eigenvalue weighted by molar-refractivity contribution is 5.96. The zero-order valence-corrected chi connectivity index (χ0v) is 19.5. The molecule has 34 heavy (non-hydrogen) atoms. The molecule has 3 aromatic carbocycles. The van der Waals surface area contributed by atoms with Crippen molar-refractivity contribution in [2.24, 2.45) is 0 Å². The lowest BCUT2D eigenvalue weighted by atomic mass is 10.2. The second kappa shape index (κ2) is 11.6. The van der Waals surface area contributed by atoms with Crippen molar-refractivity contribution in [3.8, 4) is 23.0 Å². The number of anilines is 2. The second-order valence-electron chi connectivity index (χ2n) is 7.43. The fourth-order valence-corrected chi connectivity index (χ4v) is 2.95. The average molecular weight is 465 g/mol. The Kier molecular flexibility index (Phi) is 8.34. The fourth-order valence-electron chi connectivity index (χ4n) is 2.95. The highest BCUT2D eigenvalue weighted by Gasteiger charge is 2.17. The lowest BCUT2D eigenvalue weighted by Crippen LogP contribution is -2.30. The van der Waals surface area contributed by atoms with Gasteiger partial charge in [0.25, 0.3) is 11.8 Å². The Bertz CT molecular complexity index is 993. The van der Waals surface area contributed by atoms with Gasteiger partial charge in [-0.15, -0.1) is 0 Å². The van der Waals surface area contributed by atoms with Crippen molar-refractivity contribution in [1.82, 2.24) is 0 Å². The minimum Gasteiger partial charge on any atom is -0.497 e. The van der Waals surface area contributed by atoms with Gasteiger partial charge in [-0.1, -0.05) is 0 Å². The molecule has 0 spiro atoms. The number of amides is 2. The number of nitrogens with one attached hydrogen (secondary N) is 2. The van der Waals surface area contributed by atoms with Gasteiger partial charge in [0.2, 0.25) is 0 Å². The van der Waals surface area contributed by atoms with Gasteiger partial charge in [0, 0.05) is 11.4 Å². The van der Waals surface area contributed by atoms with Crippen LogP contribution in [-0.2, 0) is 9.59 Å². The van der Waals surface area contributed by atoms with E-state index < -0.39 is 12.2 Å². The average Bonchev–Trinajstić information content (AvgIpc) is 2.86. The third kappa shape index (κ3) is 6.90. The molecule has 0 fully saturated rings. The van der Waals surface area contributed by atoms with E-state index in [-0.39, 0.29) is 11.8 Å². The van der Waals surface area contributed by atoms with Gasteiger partial charge in [-0.05, 0) is 86.6 Å². The highest BCUT2D eigenvalue weighted by atomic mass is 16.5. The Hall–Kier alpha value is -4.20. The van der Waals surface area contributed by atoms with E-state index in [4.69, 9.17) is 18.9 Å². The third-order valence-electron chi connectivity index (χ3n) is 4.90. The molecule has 0 saturated heterocycles. The Balaban J connectivity index is 1.49. The van der Waals surface area contributed by atoms with Crippen LogP contribution in [0.3, 0.4) is 0 Å². The lowest BCUT2D eigenvalue weighted by Gasteiger charge is -2.16. The van der Waals surface area contributed by atoms with Crippen molar-refractivity contribution in [2.75, 3.05) is 24.9 Å². The van der Waals surface area contributed by atoms with Crippen LogP contribution in [0.1, 0.15) is 13.8 Å². The van der Waals surface area contributed by atoms with E-state index in [9.17, 15) is 9.59 Å². The summed E-state index contributed by atoms with van der Waals surface area (Å²) in [5.41, 5.74) is 1.16. The molecule has 2 N–H and O–H groups in total. The summed E-state index contributed by atoms with van der Waals surface area (Å²) < 4.78 is 21.6. The van der Waals surface area contributed by atoms with E-state index in [1.165, 1.54) is 0 Å². The van der Waals surface area contributed by atoms with Crippen molar-refractivity contribution < 1.29 is 28.5 Å². The smallest absolute Gasteiger partial charge is 0.265 e. The molecule has 0 heterocycles. The molecule has 3 rings (SSSR count). The van der Waals surface area contributed by atoms with Crippen LogP contribution in [0.4, 0.5) is 11.4 Å². The fraction of sp³-hybridized carbons (Fsp3) is 0.231. The molecule has 3 aromatic rings. The minimum absolute atomic E-state index is 0.297. The zero-order valence-electron chi connectivity index (χ0n) is 19.5. The Morgan fingerprint density at radius 3 is 1.15 bits per heavy atom. The first kappa shape index (κ1) is 24.4. The molecular formula is C26H28N2O6. The summed E-state index contributed by atoms with van der Waals surface area (Å²) in [6.07, 6.45) is -1.41. The topological polar surface area (TPSA) is 95.1 Å². The number of benzene rings is 3. The summed E-state index contributed by atoms with van der Waals surface area (Å²) in [5, 5.41) is 5.59. The van der Waals surface area contributed by atoms with Gasteiger partial charge >= 0.3 is 0 Å². The molecule has 8 nitrogen and oxygen atoms in total. The SMILES string of the molecule is COc1ccc(OC(C)C(=O)Nc2ccc(NC(=O)C(C)Oc3ccc(OC)cc3)cc2)cc1. The van der Waals surface area contributed by atoms with Crippen molar-refractivity contribution in [3.05, 3.63) is 72.8 Å². The number of carbonyl (C=O) groups is 2. The summed E-state index contributed by atoms with van der Waals surface area (Å²) in [6, 6.07) is 20.8. The summed E-state index contributed by atoms with van der Waals surface area (Å²) in [6.45, 7) is 3.33. The quantitative estimate of drug-likeness (QED) is 0.458. The van der Waals surface area contributed by atoms with Crippen LogP contribution in [0.2, 0.25) is 0 Å². The Labute approximate surface area is 198 Å². The van der Waals surface area contributed by atoms with Crippen LogP contribution < -0.4 is 29.6 Å². The van der Waals surface area contributed by atoms with Crippen molar-refractivity contribution in [2.45, 2.75) is 26.1 Å². The van der Waals surface area contributed by atoms with E-state index in [0.29, 0.717) is 34.4 Å². The predicted molar refractivity (Wildman–Crippen MR) is 130 cm³/mol. The maximum atomic E-state index is 12.5. The molecule has 178 valence electrons. The molecular weight excluding hydrogens is 436 g/mol. The van der Waals surface area contributed by atoms with Crippen molar-refractivity contribution in [1.29, 1.82) is 0 Å². The second-order valence-corrected chi connectivity index (χ2v) is 7.43. The third-order valence-corrected chi connectivity index (χ3v) is 4.90. The zero-order chi connectivity index (χ0) is 24.5. The number of hydrogen-bond donors (Lipinski definition) is 2. The van der Waals surface area contributed by atoms with Crippen LogP contribution in [0.5, 0.6) is 23.0 Å². The normalized spacial score (nSPS) is 12.1. The number of rotatable bonds is 10. The number of ether oxygens (including phenoxy) is 4. The summed E-state index contributed by atoms with van der Waals surface area (Å²) >= 11 is 0. The van der Waals surface area contributed by atoms with Gasteiger partial charge in [-0.3, -0.25) is 9.59 Å². The van der Waals surface area contributed by atoms with Gasteiger partial charge in [0.05, 0.1) is 14.2 Å². The van der Waals surface area contributed by atoms with Crippen molar-refractivity contribution >= 4 is 23.2 Å². The molecule has 0 aliphatic carbocycles. The van der Waals surface area contributed by atoms with E-state index >= 15 is 0 Å². The maximum absolute atomic E-state index is 12.5. The first-order valence-electron chi connectivity index (χ1n) is 10.7. The number of methoxy groups -OCH3 is 2. The number of carbonyl (C=O) groups excluding carboxylic acids is 2. The molecule has 0 aliphatic heterocycles. The minimum atomic E-state index is -0.705. The lowest BCUT2D eigenvalue weighted by molar-refractivity contribution is -0.122. The molecule has 0 bridgehead atoms. The Morgan fingerprint density at radius 2 is 0.853 bits per heavy atom. The van der Waals surface area contributed by atoms with Gasteiger partial charge in [0.15, 0.2) is 12.2 Å². The first-order chi connectivity index (χ1) is 16.4. The summed E-state index contributed by atoms with van der Waals surface area (Å²) in [4.78, 5) is 24.9. The maximum Gasteiger partial charge on any atom is 0.265 e. The molecule has 0 saturated carbocycles. The van der Waals surface area contributed by atoms with Crippen molar-refractivity contribution in [3.63, 3.8) is 0 Å². The molecule has 0 aromatic heterocycles. The standard InChI is InChI=1S/C26H28N2O6/c1-17(33-23-13-9-21(31-3)10-14-23)25(29)27-19-5-7-20(8-6-19)28-26(30)18(2)34-24-15-11-22(32-4)12-16-24/h5-18H,1-4H3,(H,27,29)(H,28,30). The van der Waals surface area contributed by atoms with E-state index in [0.717, 1.165) is 0 Å². The Morgan fingerprint density at radius 1 is 0.559 bits per heavy atom. The molecule has 8 heteroatoms.